The summed E-state index contributed by atoms with van der Waals surface area (Å²) in [7, 11) is 0.550. The quantitative estimate of drug-likeness (QED) is 0.840. The minimum Gasteiger partial charge on any atom is -0.337 e. The molecule has 7 heteroatoms. The van der Waals surface area contributed by atoms with E-state index in [0.717, 1.165) is 19.1 Å². The molecule has 1 fully saturated rings. The summed E-state index contributed by atoms with van der Waals surface area (Å²) >= 11 is 5.93. The highest BCUT2D eigenvalue weighted by atomic mass is 35.5. The number of nitrogens with zero attached hydrogens (tertiary/aromatic N) is 2. The van der Waals surface area contributed by atoms with Crippen LogP contribution in [-0.4, -0.2) is 63.6 Å². The molecule has 1 heterocycles. The first kappa shape index (κ1) is 17.2. The normalized spacial score (nSPS) is 19.5. The van der Waals surface area contributed by atoms with Gasteiger partial charge in [0.25, 0.3) is 5.91 Å². The van der Waals surface area contributed by atoms with Crippen molar-refractivity contribution in [2.45, 2.75) is 23.8 Å². The summed E-state index contributed by atoms with van der Waals surface area (Å²) in [5.74, 6) is -0.145. The lowest BCUT2D eigenvalue weighted by Gasteiger charge is -2.36. The first-order chi connectivity index (χ1) is 10.2. The molecule has 1 atom stereocenters. The van der Waals surface area contributed by atoms with Crippen molar-refractivity contribution in [1.82, 2.24) is 9.80 Å². The van der Waals surface area contributed by atoms with Gasteiger partial charge in [0.05, 0.1) is 9.92 Å². The number of hydrogen-bond acceptors (Lipinski definition) is 4. The van der Waals surface area contributed by atoms with Crippen LogP contribution in [0.5, 0.6) is 0 Å². The van der Waals surface area contributed by atoms with Crippen LogP contribution >= 0.6 is 11.6 Å². The molecule has 0 N–H and O–H groups in total. The molecule has 0 saturated carbocycles. The van der Waals surface area contributed by atoms with Crippen LogP contribution in [0.15, 0.2) is 23.1 Å². The second-order valence-electron chi connectivity index (χ2n) is 5.93. The fourth-order valence-electron chi connectivity index (χ4n) is 2.66. The molecule has 122 valence electrons. The summed E-state index contributed by atoms with van der Waals surface area (Å²) in [5, 5.41) is 0.142. The molecule has 0 radical (unpaired) electrons. The highest BCUT2D eigenvalue weighted by Gasteiger charge is 2.26. The summed E-state index contributed by atoms with van der Waals surface area (Å²) in [4.78, 5) is 16.5. The van der Waals surface area contributed by atoms with Crippen LogP contribution in [-0.2, 0) is 9.84 Å². The van der Waals surface area contributed by atoms with Crippen LogP contribution in [0.3, 0.4) is 0 Å². The summed E-state index contributed by atoms with van der Waals surface area (Å²) in [6.45, 7) is 1.35. The molecule has 22 heavy (non-hydrogen) atoms. The van der Waals surface area contributed by atoms with Crippen LogP contribution in [0.25, 0.3) is 0 Å². The average Bonchev–Trinajstić information content (AvgIpc) is 2.46. The van der Waals surface area contributed by atoms with Crippen molar-refractivity contribution in [3.63, 3.8) is 0 Å². The number of amides is 1. The van der Waals surface area contributed by atoms with Crippen LogP contribution < -0.4 is 0 Å². The summed E-state index contributed by atoms with van der Waals surface area (Å²) in [6.07, 6.45) is 3.10. The molecule has 1 aromatic rings. The lowest BCUT2D eigenvalue weighted by molar-refractivity contribution is 0.0635. The molecule has 0 aliphatic carbocycles. The van der Waals surface area contributed by atoms with Crippen molar-refractivity contribution < 1.29 is 13.2 Å². The van der Waals surface area contributed by atoms with Crippen molar-refractivity contribution in [2.24, 2.45) is 0 Å². The van der Waals surface area contributed by atoms with Gasteiger partial charge in [-0.25, -0.2) is 8.42 Å². The summed E-state index contributed by atoms with van der Waals surface area (Å²) in [5.41, 5.74) is 0.365. The molecule has 0 aromatic heterocycles. The van der Waals surface area contributed by atoms with Gasteiger partial charge in [0.1, 0.15) is 0 Å². The van der Waals surface area contributed by atoms with Gasteiger partial charge in [-0.1, -0.05) is 11.6 Å². The highest BCUT2D eigenvalue weighted by molar-refractivity contribution is 7.90. The van der Waals surface area contributed by atoms with E-state index in [1.165, 1.54) is 12.1 Å². The lowest BCUT2D eigenvalue weighted by atomic mass is 10.0. The van der Waals surface area contributed by atoms with Gasteiger partial charge < -0.3 is 9.80 Å². The third kappa shape index (κ3) is 3.80. The van der Waals surface area contributed by atoms with Crippen molar-refractivity contribution in [3.05, 3.63) is 28.8 Å². The van der Waals surface area contributed by atoms with Crippen molar-refractivity contribution in [1.29, 1.82) is 0 Å². The van der Waals surface area contributed by atoms with Gasteiger partial charge in [0.2, 0.25) is 0 Å². The van der Waals surface area contributed by atoms with E-state index in [9.17, 15) is 13.2 Å². The van der Waals surface area contributed by atoms with Gasteiger partial charge in [-0.3, -0.25) is 4.79 Å². The topological polar surface area (TPSA) is 57.7 Å². The number of rotatable bonds is 3. The number of likely N-dealkylation sites (N-methyl/N-ethyl adjacent to an activating group) is 1. The highest BCUT2D eigenvalue weighted by Crippen LogP contribution is 2.24. The van der Waals surface area contributed by atoms with Gasteiger partial charge in [-0.15, -0.1) is 0 Å². The monoisotopic (exact) mass is 344 g/mol. The average molecular weight is 345 g/mol. The number of carbonyl (C=O) groups excluding carboxylic acids is 1. The zero-order chi connectivity index (χ0) is 16.5. The first-order valence-corrected chi connectivity index (χ1v) is 9.42. The van der Waals surface area contributed by atoms with Gasteiger partial charge in [-0.05, 0) is 45.1 Å². The number of halogens is 1. The van der Waals surface area contributed by atoms with Crippen LogP contribution in [0.2, 0.25) is 5.02 Å². The lowest BCUT2D eigenvalue weighted by Crippen LogP contribution is -2.47. The smallest absolute Gasteiger partial charge is 0.253 e. The van der Waals surface area contributed by atoms with Gasteiger partial charge in [-0.2, -0.15) is 0 Å². The molecule has 0 unspecified atom stereocenters. The van der Waals surface area contributed by atoms with Crippen LogP contribution in [0.4, 0.5) is 0 Å². The fourth-order valence-corrected chi connectivity index (χ4v) is 3.97. The molecule has 1 aromatic carbocycles. The van der Waals surface area contributed by atoms with Gasteiger partial charge in [0, 0.05) is 31.0 Å². The third-order valence-electron chi connectivity index (χ3n) is 3.99. The van der Waals surface area contributed by atoms with E-state index >= 15 is 0 Å². The Bertz CT molecular complexity index is 673. The second kappa shape index (κ2) is 6.56. The van der Waals surface area contributed by atoms with Crippen LogP contribution in [0.1, 0.15) is 23.2 Å². The molecule has 0 spiro atoms. The Morgan fingerprint density at radius 1 is 1.36 bits per heavy atom. The maximum Gasteiger partial charge on any atom is 0.253 e. The number of sulfone groups is 1. The van der Waals surface area contributed by atoms with E-state index in [-0.39, 0.29) is 15.8 Å². The van der Waals surface area contributed by atoms with E-state index < -0.39 is 9.84 Å². The Balaban J connectivity index is 2.26. The van der Waals surface area contributed by atoms with E-state index in [4.69, 9.17) is 11.6 Å². The molecule has 1 aliphatic rings. The maximum absolute atomic E-state index is 12.6. The zero-order valence-corrected chi connectivity index (χ0v) is 14.6. The van der Waals surface area contributed by atoms with E-state index in [0.29, 0.717) is 24.7 Å². The maximum atomic E-state index is 12.6. The Morgan fingerprint density at radius 3 is 2.64 bits per heavy atom. The minimum absolute atomic E-state index is 0.00110. The molecule has 2 rings (SSSR count). The summed E-state index contributed by atoms with van der Waals surface area (Å²) in [6, 6.07) is 4.76. The number of carbonyl (C=O) groups is 1. The van der Waals surface area contributed by atoms with Gasteiger partial charge >= 0.3 is 0 Å². The Hall–Kier alpha value is -1.11. The third-order valence-corrected chi connectivity index (χ3v) is 5.57. The molecular weight excluding hydrogens is 324 g/mol. The van der Waals surface area contributed by atoms with Crippen LogP contribution in [0, 0.1) is 0 Å². The summed E-state index contributed by atoms with van der Waals surface area (Å²) < 4.78 is 23.5. The molecule has 1 aliphatic heterocycles. The standard InChI is InChI=1S/C15H21ClN2O3S/c1-17(2)12-5-4-8-18(10-12)15(19)11-6-7-13(16)14(9-11)22(3,20)21/h6-7,9,12H,4-5,8,10H2,1-3H3/t12-/m1/s1. The van der Waals surface area contributed by atoms with Gasteiger partial charge in [0.15, 0.2) is 9.84 Å². The molecule has 1 saturated heterocycles. The zero-order valence-electron chi connectivity index (χ0n) is 13.0. The molecule has 5 nitrogen and oxygen atoms in total. The number of likely N-dealkylation sites (tertiary alicyclic amines) is 1. The van der Waals surface area contributed by atoms with Crippen molar-refractivity contribution in [2.75, 3.05) is 33.4 Å². The predicted molar refractivity (Wildman–Crippen MR) is 87.2 cm³/mol. The van der Waals surface area contributed by atoms with Crippen molar-refractivity contribution >= 4 is 27.3 Å². The number of hydrogen-bond donors (Lipinski definition) is 0. The van der Waals surface area contributed by atoms with E-state index in [2.05, 4.69) is 4.90 Å². The SMILES string of the molecule is CN(C)[C@@H]1CCCN(C(=O)c2ccc(Cl)c(S(C)(=O)=O)c2)C1. The largest absolute Gasteiger partial charge is 0.337 e. The second-order valence-corrected chi connectivity index (χ2v) is 8.32. The number of piperidine rings is 1. The van der Waals surface area contributed by atoms with E-state index in [1.54, 1.807) is 11.0 Å². The Kier molecular flexibility index (Phi) is 5.14. The Labute approximate surface area is 136 Å². The molecule has 0 bridgehead atoms. The number of benzene rings is 1. The minimum atomic E-state index is -3.46. The molecular formula is C15H21ClN2O3S. The fraction of sp³-hybridized carbons (Fsp3) is 0.533. The first-order valence-electron chi connectivity index (χ1n) is 7.15. The Morgan fingerprint density at radius 2 is 2.05 bits per heavy atom. The molecule has 1 amide bonds. The van der Waals surface area contributed by atoms with Crippen molar-refractivity contribution in [3.8, 4) is 0 Å². The van der Waals surface area contributed by atoms with E-state index in [1.807, 2.05) is 14.1 Å². The predicted octanol–water partition coefficient (Wildman–Crippen LogP) is 1.91.